The summed E-state index contributed by atoms with van der Waals surface area (Å²) in [5.41, 5.74) is 0.929. The summed E-state index contributed by atoms with van der Waals surface area (Å²) in [6.45, 7) is 2.33. The van der Waals surface area contributed by atoms with Crippen molar-refractivity contribution < 1.29 is 4.92 Å². The Bertz CT molecular complexity index is 521. The predicted octanol–water partition coefficient (Wildman–Crippen LogP) is 1.54. The van der Waals surface area contributed by atoms with Crippen molar-refractivity contribution in [1.29, 1.82) is 0 Å². The van der Waals surface area contributed by atoms with E-state index >= 15 is 0 Å². The zero-order valence-electron chi connectivity index (χ0n) is 8.70. The van der Waals surface area contributed by atoms with Gasteiger partial charge in [0.05, 0.1) is 11.5 Å². The fourth-order valence-corrected chi connectivity index (χ4v) is 1.42. The zero-order valence-corrected chi connectivity index (χ0v) is 8.70. The second-order valence-corrected chi connectivity index (χ2v) is 3.39. The molecule has 2 rings (SSSR count). The van der Waals surface area contributed by atoms with Crippen molar-refractivity contribution in [2.75, 3.05) is 0 Å². The van der Waals surface area contributed by atoms with E-state index < -0.39 is 4.92 Å². The first kappa shape index (κ1) is 10.3. The molecule has 0 fully saturated rings. The average molecular weight is 218 g/mol. The standard InChI is InChI=1S/C10H10N4O2/c1-8-11-7-12-13(8)6-9-3-2-4-10(5-9)14(15)16/h2-5,7H,6H2,1H3. The number of non-ortho nitro benzene ring substituents is 1. The van der Waals surface area contributed by atoms with Crippen LogP contribution in [0.2, 0.25) is 0 Å². The predicted molar refractivity (Wildman–Crippen MR) is 57.0 cm³/mol. The minimum absolute atomic E-state index is 0.0928. The van der Waals surface area contributed by atoms with Gasteiger partial charge in [-0.1, -0.05) is 12.1 Å². The first-order chi connectivity index (χ1) is 7.66. The molecule has 0 bridgehead atoms. The van der Waals surface area contributed by atoms with Crippen LogP contribution in [0.1, 0.15) is 11.4 Å². The molecular weight excluding hydrogens is 208 g/mol. The Hall–Kier alpha value is -2.24. The summed E-state index contributed by atoms with van der Waals surface area (Å²) in [5, 5.41) is 14.6. The molecule has 0 spiro atoms. The lowest BCUT2D eigenvalue weighted by Gasteiger charge is -2.02. The number of aryl methyl sites for hydroxylation is 1. The van der Waals surface area contributed by atoms with Gasteiger partial charge in [0.25, 0.3) is 5.69 Å². The number of nitro groups is 1. The highest BCUT2D eigenvalue weighted by Gasteiger charge is 2.06. The third-order valence-electron chi connectivity index (χ3n) is 2.26. The van der Waals surface area contributed by atoms with Crippen molar-refractivity contribution in [2.45, 2.75) is 13.5 Å². The lowest BCUT2D eigenvalue weighted by atomic mass is 10.2. The summed E-state index contributed by atoms with van der Waals surface area (Å²) in [6, 6.07) is 6.51. The second kappa shape index (κ2) is 4.09. The molecule has 0 amide bonds. The van der Waals surface area contributed by atoms with Crippen LogP contribution in [0, 0.1) is 17.0 Å². The molecule has 6 heteroatoms. The van der Waals surface area contributed by atoms with Crippen molar-refractivity contribution in [2.24, 2.45) is 0 Å². The van der Waals surface area contributed by atoms with E-state index in [9.17, 15) is 10.1 Å². The van der Waals surface area contributed by atoms with Gasteiger partial charge in [-0.25, -0.2) is 9.67 Å². The number of rotatable bonds is 3. The molecule has 0 unspecified atom stereocenters. The molecule has 0 aliphatic heterocycles. The van der Waals surface area contributed by atoms with E-state index in [1.54, 1.807) is 16.8 Å². The fourth-order valence-electron chi connectivity index (χ4n) is 1.42. The molecule has 1 aromatic carbocycles. The first-order valence-electron chi connectivity index (χ1n) is 4.74. The lowest BCUT2D eigenvalue weighted by molar-refractivity contribution is -0.384. The Labute approximate surface area is 91.7 Å². The van der Waals surface area contributed by atoms with Gasteiger partial charge in [0.15, 0.2) is 0 Å². The number of nitro benzene ring substituents is 1. The van der Waals surface area contributed by atoms with Gasteiger partial charge < -0.3 is 0 Å². The van der Waals surface area contributed by atoms with E-state index in [2.05, 4.69) is 10.1 Å². The van der Waals surface area contributed by atoms with Gasteiger partial charge in [-0.3, -0.25) is 10.1 Å². The highest BCUT2D eigenvalue weighted by Crippen LogP contribution is 2.13. The zero-order chi connectivity index (χ0) is 11.5. The van der Waals surface area contributed by atoms with Crippen molar-refractivity contribution >= 4 is 5.69 Å². The smallest absolute Gasteiger partial charge is 0.258 e. The third kappa shape index (κ3) is 2.05. The number of hydrogen-bond acceptors (Lipinski definition) is 4. The molecule has 16 heavy (non-hydrogen) atoms. The maximum Gasteiger partial charge on any atom is 0.269 e. The van der Waals surface area contributed by atoms with E-state index in [0.717, 1.165) is 11.4 Å². The van der Waals surface area contributed by atoms with E-state index in [0.29, 0.717) is 6.54 Å². The average Bonchev–Trinajstić information content (AvgIpc) is 2.65. The number of aromatic nitrogens is 3. The van der Waals surface area contributed by atoms with E-state index in [4.69, 9.17) is 0 Å². The maximum atomic E-state index is 10.6. The highest BCUT2D eigenvalue weighted by atomic mass is 16.6. The molecular formula is C10H10N4O2. The van der Waals surface area contributed by atoms with Gasteiger partial charge >= 0.3 is 0 Å². The van der Waals surface area contributed by atoms with Gasteiger partial charge in [0.1, 0.15) is 12.2 Å². The van der Waals surface area contributed by atoms with Crippen LogP contribution in [0.4, 0.5) is 5.69 Å². The molecule has 1 aromatic heterocycles. The SMILES string of the molecule is Cc1ncnn1Cc1cccc([N+](=O)[O-])c1. The van der Waals surface area contributed by atoms with Crippen LogP contribution in [0.3, 0.4) is 0 Å². The van der Waals surface area contributed by atoms with Crippen LogP contribution in [0.15, 0.2) is 30.6 Å². The van der Waals surface area contributed by atoms with Crippen LogP contribution >= 0.6 is 0 Å². The Morgan fingerprint density at radius 3 is 2.94 bits per heavy atom. The fraction of sp³-hybridized carbons (Fsp3) is 0.200. The monoisotopic (exact) mass is 218 g/mol. The Kier molecular flexibility index (Phi) is 2.63. The molecule has 0 saturated heterocycles. The van der Waals surface area contributed by atoms with Gasteiger partial charge in [0, 0.05) is 12.1 Å². The molecule has 82 valence electrons. The van der Waals surface area contributed by atoms with Crippen LogP contribution < -0.4 is 0 Å². The largest absolute Gasteiger partial charge is 0.269 e. The molecule has 0 aliphatic carbocycles. The summed E-state index contributed by atoms with van der Waals surface area (Å²) in [5.74, 6) is 0.784. The van der Waals surface area contributed by atoms with Crippen LogP contribution in [0.5, 0.6) is 0 Å². The molecule has 0 atom stereocenters. The number of benzene rings is 1. The lowest BCUT2D eigenvalue weighted by Crippen LogP contribution is -2.04. The molecule has 0 aliphatic rings. The summed E-state index contributed by atoms with van der Waals surface area (Å²) < 4.78 is 1.69. The quantitative estimate of drug-likeness (QED) is 0.578. The van der Waals surface area contributed by atoms with Crippen molar-refractivity contribution in [3.8, 4) is 0 Å². The van der Waals surface area contributed by atoms with Crippen LogP contribution in [-0.4, -0.2) is 19.7 Å². The van der Waals surface area contributed by atoms with Crippen molar-refractivity contribution in [1.82, 2.24) is 14.8 Å². The molecule has 6 nitrogen and oxygen atoms in total. The molecule has 0 N–H and O–H groups in total. The van der Waals surface area contributed by atoms with Crippen molar-refractivity contribution in [3.63, 3.8) is 0 Å². The van der Waals surface area contributed by atoms with Gasteiger partial charge in [-0.05, 0) is 12.5 Å². The summed E-state index contributed by atoms with van der Waals surface area (Å²) in [6.07, 6.45) is 1.46. The van der Waals surface area contributed by atoms with Crippen LogP contribution in [-0.2, 0) is 6.54 Å². The van der Waals surface area contributed by atoms with E-state index in [1.165, 1.54) is 12.4 Å². The van der Waals surface area contributed by atoms with Gasteiger partial charge in [-0.2, -0.15) is 5.10 Å². The van der Waals surface area contributed by atoms with E-state index in [1.807, 2.05) is 13.0 Å². The molecule has 1 heterocycles. The third-order valence-corrected chi connectivity index (χ3v) is 2.26. The van der Waals surface area contributed by atoms with Crippen molar-refractivity contribution in [3.05, 3.63) is 52.1 Å². The Morgan fingerprint density at radius 2 is 2.31 bits per heavy atom. The van der Waals surface area contributed by atoms with Gasteiger partial charge in [0.2, 0.25) is 0 Å². The maximum absolute atomic E-state index is 10.6. The summed E-state index contributed by atoms with van der Waals surface area (Å²) in [7, 11) is 0. The molecule has 0 saturated carbocycles. The molecule has 0 radical (unpaired) electrons. The van der Waals surface area contributed by atoms with Crippen LogP contribution in [0.25, 0.3) is 0 Å². The topological polar surface area (TPSA) is 73.8 Å². The summed E-state index contributed by atoms with van der Waals surface area (Å²) >= 11 is 0. The minimum atomic E-state index is -0.405. The number of hydrogen-bond donors (Lipinski definition) is 0. The normalized spacial score (nSPS) is 10.3. The molecule has 2 aromatic rings. The van der Waals surface area contributed by atoms with Gasteiger partial charge in [-0.15, -0.1) is 0 Å². The first-order valence-corrected chi connectivity index (χ1v) is 4.74. The highest BCUT2D eigenvalue weighted by molar-refractivity contribution is 5.34. The summed E-state index contributed by atoms with van der Waals surface area (Å²) in [4.78, 5) is 14.2. The number of nitrogens with zero attached hydrogens (tertiary/aromatic N) is 4. The Balaban J connectivity index is 2.25. The Morgan fingerprint density at radius 1 is 1.50 bits per heavy atom. The van der Waals surface area contributed by atoms with E-state index in [-0.39, 0.29) is 5.69 Å². The second-order valence-electron chi connectivity index (χ2n) is 3.39. The minimum Gasteiger partial charge on any atom is -0.258 e.